The fourth-order valence-electron chi connectivity index (χ4n) is 3.72. The first-order valence-corrected chi connectivity index (χ1v) is 10.6. The largest absolute Gasteiger partial charge is 0.341 e. The molecule has 0 saturated carbocycles. The van der Waals surface area contributed by atoms with E-state index in [0.29, 0.717) is 12.2 Å². The summed E-state index contributed by atoms with van der Waals surface area (Å²) in [5.74, 6) is 0.617. The molecule has 0 radical (unpaired) electrons. The van der Waals surface area contributed by atoms with Gasteiger partial charge in [-0.2, -0.15) is 0 Å². The maximum absolute atomic E-state index is 12.6. The molecule has 2 heterocycles. The molecule has 0 aliphatic heterocycles. The molecule has 0 bridgehead atoms. The molecule has 4 rings (SSSR count). The van der Waals surface area contributed by atoms with Crippen LogP contribution < -0.4 is 5.32 Å². The first-order chi connectivity index (χ1) is 14.8. The zero-order chi connectivity index (χ0) is 22.0. The SMILES string of the molecule is CC(NC(=O)c1ccccn1)c1nc2ccccc2n1Cc1ccc(C(C)(C)C)cc1. The van der Waals surface area contributed by atoms with Gasteiger partial charge in [0.2, 0.25) is 0 Å². The topological polar surface area (TPSA) is 59.8 Å². The molecule has 1 N–H and O–H groups in total. The van der Waals surface area contributed by atoms with Crippen LogP contribution in [-0.4, -0.2) is 20.4 Å². The molecule has 5 heteroatoms. The van der Waals surface area contributed by atoms with Gasteiger partial charge in [-0.25, -0.2) is 4.98 Å². The van der Waals surface area contributed by atoms with Crippen LogP contribution in [0.5, 0.6) is 0 Å². The normalized spacial score (nSPS) is 12.6. The van der Waals surface area contributed by atoms with Gasteiger partial charge in [-0.15, -0.1) is 0 Å². The second kappa shape index (κ2) is 8.34. The molecule has 4 aromatic rings. The second-order valence-electron chi connectivity index (χ2n) is 8.90. The van der Waals surface area contributed by atoms with Gasteiger partial charge < -0.3 is 9.88 Å². The van der Waals surface area contributed by atoms with Crippen LogP contribution in [0.3, 0.4) is 0 Å². The Labute approximate surface area is 183 Å². The van der Waals surface area contributed by atoms with E-state index in [4.69, 9.17) is 4.98 Å². The molecule has 31 heavy (non-hydrogen) atoms. The minimum atomic E-state index is -0.268. The Morgan fingerprint density at radius 3 is 2.39 bits per heavy atom. The number of rotatable bonds is 5. The molecule has 0 spiro atoms. The van der Waals surface area contributed by atoms with Gasteiger partial charge in [-0.3, -0.25) is 9.78 Å². The summed E-state index contributed by atoms with van der Waals surface area (Å²) in [5.41, 5.74) is 4.99. The van der Waals surface area contributed by atoms with Crippen LogP contribution in [0, 0.1) is 0 Å². The van der Waals surface area contributed by atoms with E-state index in [2.05, 4.69) is 66.0 Å². The summed E-state index contributed by atoms with van der Waals surface area (Å²) >= 11 is 0. The molecule has 5 nitrogen and oxygen atoms in total. The molecule has 0 saturated heterocycles. The number of carbonyl (C=O) groups excluding carboxylic acids is 1. The van der Waals surface area contributed by atoms with Crippen molar-refractivity contribution in [3.05, 3.63) is 95.6 Å². The first-order valence-electron chi connectivity index (χ1n) is 10.6. The molecule has 158 valence electrons. The van der Waals surface area contributed by atoms with Crippen molar-refractivity contribution in [3.63, 3.8) is 0 Å². The van der Waals surface area contributed by atoms with Gasteiger partial charge in [0, 0.05) is 12.7 Å². The van der Waals surface area contributed by atoms with Crippen molar-refractivity contribution in [3.8, 4) is 0 Å². The quantitative estimate of drug-likeness (QED) is 0.486. The van der Waals surface area contributed by atoms with Gasteiger partial charge >= 0.3 is 0 Å². The van der Waals surface area contributed by atoms with E-state index in [1.165, 1.54) is 11.1 Å². The fourth-order valence-corrected chi connectivity index (χ4v) is 3.72. The number of carbonyl (C=O) groups is 1. The molecule has 0 aliphatic rings. The van der Waals surface area contributed by atoms with E-state index in [-0.39, 0.29) is 17.4 Å². The third-order valence-corrected chi connectivity index (χ3v) is 5.48. The molecule has 1 atom stereocenters. The van der Waals surface area contributed by atoms with Crippen molar-refractivity contribution >= 4 is 16.9 Å². The number of para-hydroxylation sites is 2. The molecule has 0 fully saturated rings. The number of imidazole rings is 1. The Kier molecular flexibility index (Phi) is 5.59. The molecular formula is C26H28N4O. The van der Waals surface area contributed by atoms with E-state index in [1.54, 1.807) is 18.3 Å². The third-order valence-electron chi connectivity index (χ3n) is 5.48. The lowest BCUT2D eigenvalue weighted by Crippen LogP contribution is -2.29. The van der Waals surface area contributed by atoms with Gasteiger partial charge in [0.1, 0.15) is 11.5 Å². The lowest BCUT2D eigenvalue weighted by atomic mass is 9.87. The van der Waals surface area contributed by atoms with Crippen molar-refractivity contribution in [2.24, 2.45) is 0 Å². The Morgan fingerprint density at radius 2 is 1.71 bits per heavy atom. The van der Waals surface area contributed by atoms with Gasteiger partial charge in [-0.1, -0.05) is 63.2 Å². The maximum Gasteiger partial charge on any atom is 0.270 e. The van der Waals surface area contributed by atoms with Crippen LogP contribution in [0.1, 0.15) is 61.2 Å². The average Bonchev–Trinajstić information content (AvgIpc) is 3.13. The second-order valence-corrected chi connectivity index (χ2v) is 8.90. The fraction of sp³-hybridized carbons (Fsp3) is 0.269. The van der Waals surface area contributed by atoms with Crippen LogP contribution in [0.2, 0.25) is 0 Å². The van der Waals surface area contributed by atoms with Crippen LogP contribution in [-0.2, 0) is 12.0 Å². The van der Waals surface area contributed by atoms with Crippen molar-refractivity contribution in [1.29, 1.82) is 0 Å². The highest BCUT2D eigenvalue weighted by Crippen LogP contribution is 2.25. The Balaban J connectivity index is 1.65. The first kappa shape index (κ1) is 20.8. The van der Waals surface area contributed by atoms with Crippen LogP contribution in [0.15, 0.2) is 72.9 Å². The highest BCUT2D eigenvalue weighted by Gasteiger charge is 2.20. The van der Waals surface area contributed by atoms with E-state index >= 15 is 0 Å². The number of hydrogen-bond acceptors (Lipinski definition) is 3. The average molecular weight is 413 g/mol. The predicted octanol–water partition coefficient (Wildman–Crippen LogP) is 5.27. The van der Waals surface area contributed by atoms with Crippen LogP contribution >= 0.6 is 0 Å². The summed E-state index contributed by atoms with van der Waals surface area (Å²) in [6.45, 7) is 9.30. The molecule has 0 aliphatic carbocycles. The van der Waals surface area contributed by atoms with Gasteiger partial charge in [0.15, 0.2) is 0 Å². The minimum Gasteiger partial charge on any atom is -0.341 e. The Bertz CT molecular complexity index is 1190. The van der Waals surface area contributed by atoms with Crippen LogP contribution in [0.4, 0.5) is 0 Å². The number of nitrogens with zero attached hydrogens (tertiary/aromatic N) is 3. The van der Waals surface area contributed by atoms with Gasteiger partial charge in [-0.05, 0) is 47.7 Å². The smallest absolute Gasteiger partial charge is 0.270 e. The van der Waals surface area contributed by atoms with Crippen molar-refractivity contribution in [1.82, 2.24) is 19.9 Å². The Hall–Kier alpha value is -3.47. The van der Waals surface area contributed by atoms with E-state index in [1.807, 2.05) is 31.2 Å². The number of nitrogens with one attached hydrogen (secondary N) is 1. The van der Waals surface area contributed by atoms with E-state index < -0.39 is 0 Å². The monoisotopic (exact) mass is 412 g/mol. The third kappa shape index (κ3) is 4.50. The van der Waals surface area contributed by atoms with Gasteiger partial charge in [0.25, 0.3) is 5.91 Å². The lowest BCUT2D eigenvalue weighted by Gasteiger charge is -2.20. The number of benzene rings is 2. The summed E-state index contributed by atoms with van der Waals surface area (Å²) in [4.78, 5) is 21.6. The van der Waals surface area contributed by atoms with E-state index in [9.17, 15) is 4.79 Å². The molecular weight excluding hydrogens is 384 g/mol. The number of pyridine rings is 1. The van der Waals surface area contributed by atoms with Crippen molar-refractivity contribution < 1.29 is 4.79 Å². The number of aromatic nitrogens is 3. The molecule has 1 unspecified atom stereocenters. The molecule has 2 aromatic carbocycles. The Morgan fingerprint density at radius 1 is 1.00 bits per heavy atom. The van der Waals surface area contributed by atoms with Crippen LogP contribution in [0.25, 0.3) is 11.0 Å². The summed E-state index contributed by atoms with van der Waals surface area (Å²) in [7, 11) is 0. The molecule has 1 amide bonds. The zero-order valence-corrected chi connectivity index (χ0v) is 18.5. The number of fused-ring (bicyclic) bond motifs is 1. The highest BCUT2D eigenvalue weighted by atomic mass is 16.1. The van der Waals surface area contributed by atoms with Crippen molar-refractivity contribution in [2.45, 2.75) is 45.7 Å². The maximum atomic E-state index is 12.6. The number of hydrogen-bond donors (Lipinski definition) is 1. The highest BCUT2D eigenvalue weighted by molar-refractivity contribution is 5.92. The zero-order valence-electron chi connectivity index (χ0n) is 18.5. The summed E-state index contributed by atoms with van der Waals surface area (Å²) in [6, 6.07) is 21.9. The summed E-state index contributed by atoms with van der Waals surface area (Å²) < 4.78 is 2.19. The molecule has 2 aromatic heterocycles. The minimum absolute atomic E-state index is 0.121. The van der Waals surface area contributed by atoms with Gasteiger partial charge in [0.05, 0.1) is 17.1 Å². The summed E-state index contributed by atoms with van der Waals surface area (Å²) in [6.07, 6.45) is 1.62. The van der Waals surface area contributed by atoms with Crippen molar-refractivity contribution in [2.75, 3.05) is 0 Å². The standard InChI is InChI=1S/C26H28N4O/c1-18(28-25(31)22-10-7-8-16-27-22)24-29-21-9-5-6-11-23(21)30(24)17-19-12-14-20(15-13-19)26(2,3)4/h5-16,18H,17H2,1-4H3,(H,28,31). The van der Waals surface area contributed by atoms with E-state index in [0.717, 1.165) is 16.9 Å². The predicted molar refractivity (Wildman–Crippen MR) is 124 cm³/mol. The summed E-state index contributed by atoms with van der Waals surface area (Å²) in [5, 5.41) is 3.04. The lowest BCUT2D eigenvalue weighted by molar-refractivity contribution is 0.0932. The number of amides is 1.